The fourth-order valence-electron chi connectivity index (χ4n) is 2.65. The Labute approximate surface area is 147 Å². The standard InChI is InChI=1S/C20H23NO4/c1-3-4-15-5-8-17(9-6-15)25-14(2)20(22)21-16-7-10-18-19(13-16)24-12-11-23-18/h5-10,13-14H,3-4,11-12H2,1-2H3,(H,21,22). The Kier molecular flexibility index (Phi) is 5.43. The van der Waals surface area contributed by atoms with Gasteiger partial charge in [0.05, 0.1) is 0 Å². The van der Waals surface area contributed by atoms with Gasteiger partial charge in [-0.3, -0.25) is 4.79 Å². The third-order valence-corrected chi connectivity index (χ3v) is 3.95. The van der Waals surface area contributed by atoms with Gasteiger partial charge in [0.1, 0.15) is 19.0 Å². The molecule has 3 rings (SSSR count). The lowest BCUT2D eigenvalue weighted by Gasteiger charge is -2.20. The van der Waals surface area contributed by atoms with Gasteiger partial charge in [0.25, 0.3) is 5.91 Å². The molecular formula is C20H23NO4. The molecule has 0 spiro atoms. The zero-order valence-corrected chi connectivity index (χ0v) is 14.6. The van der Waals surface area contributed by atoms with Crippen LogP contribution in [-0.4, -0.2) is 25.2 Å². The van der Waals surface area contributed by atoms with E-state index in [1.165, 1.54) is 5.56 Å². The van der Waals surface area contributed by atoms with E-state index >= 15 is 0 Å². The summed E-state index contributed by atoms with van der Waals surface area (Å²) in [6.45, 7) is 4.93. The van der Waals surface area contributed by atoms with Gasteiger partial charge in [-0.05, 0) is 43.2 Å². The van der Waals surface area contributed by atoms with E-state index in [1.54, 1.807) is 25.1 Å². The van der Waals surface area contributed by atoms with Crippen molar-refractivity contribution in [2.45, 2.75) is 32.8 Å². The lowest BCUT2D eigenvalue weighted by molar-refractivity contribution is -0.122. The molecule has 132 valence electrons. The Balaban J connectivity index is 1.58. The molecule has 1 aliphatic rings. The molecule has 2 aromatic rings. The predicted octanol–water partition coefficient (Wildman–Crippen LogP) is 3.82. The Bertz CT molecular complexity index is 727. The van der Waals surface area contributed by atoms with E-state index in [2.05, 4.69) is 12.2 Å². The van der Waals surface area contributed by atoms with Crippen molar-refractivity contribution in [3.05, 3.63) is 48.0 Å². The molecule has 1 atom stereocenters. The molecule has 0 bridgehead atoms. The molecule has 1 aliphatic heterocycles. The normalized spacial score (nSPS) is 13.8. The van der Waals surface area contributed by atoms with Gasteiger partial charge in [-0.15, -0.1) is 0 Å². The van der Waals surface area contributed by atoms with Crippen molar-refractivity contribution >= 4 is 11.6 Å². The van der Waals surface area contributed by atoms with E-state index in [9.17, 15) is 4.79 Å². The molecule has 0 saturated carbocycles. The number of hydrogen-bond donors (Lipinski definition) is 1. The second-order valence-electron chi connectivity index (χ2n) is 6.00. The Morgan fingerprint density at radius 1 is 1.12 bits per heavy atom. The van der Waals surface area contributed by atoms with Crippen LogP contribution in [-0.2, 0) is 11.2 Å². The quantitative estimate of drug-likeness (QED) is 0.868. The number of nitrogens with one attached hydrogen (secondary N) is 1. The van der Waals surface area contributed by atoms with E-state index in [1.807, 2.05) is 24.3 Å². The number of hydrogen-bond acceptors (Lipinski definition) is 4. The predicted molar refractivity (Wildman–Crippen MR) is 96.6 cm³/mol. The summed E-state index contributed by atoms with van der Waals surface area (Å²) < 4.78 is 16.7. The Hall–Kier alpha value is -2.69. The summed E-state index contributed by atoms with van der Waals surface area (Å²) >= 11 is 0. The van der Waals surface area contributed by atoms with Crippen molar-refractivity contribution in [2.75, 3.05) is 18.5 Å². The van der Waals surface area contributed by atoms with E-state index in [0.717, 1.165) is 12.8 Å². The minimum Gasteiger partial charge on any atom is -0.486 e. The van der Waals surface area contributed by atoms with Crippen molar-refractivity contribution in [3.8, 4) is 17.2 Å². The smallest absolute Gasteiger partial charge is 0.265 e. The van der Waals surface area contributed by atoms with Crippen molar-refractivity contribution in [1.82, 2.24) is 0 Å². The molecule has 5 heteroatoms. The molecule has 2 aromatic carbocycles. The first-order valence-electron chi connectivity index (χ1n) is 8.62. The maximum Gasteiger partial charge on any atom is 0.265 e. The monoisotopic (exact) mass is 341 g/mol. The first-order chi connectivity index (χ1) is 12.2. The second-order valence-corrected chi connectivity index (χ2v) is 6.00. The lowest BCUT2D eigenvalue weighted by atomic mass is 10.1. The van der Waals surface area contributed by atoms with Crippen LogP contribution >= 0.6 is 0 Å². The molecule has 25 heavy (non-hydrogen) atoms. The summed E-state index contributed by atoms with van der Waals surface area (Å²) in [5.74, 6) is 1.81. The largest absolute Gasteiger partial charge is 0.486 e. The first kappa shape index (κ1) is 17.1. The van der Waals surface area contributed by atoms with Crippen LogP contribution in [0.3, 0.4) is 0 Å². The summed E-state index contributed by atoms with van der Waals surface area (Å²) in [6.07, 6.45) is 1.54. The van der Waals surface area contributed by atoms with E-state index in [0.29, 0.717) is 36.1 Å². The zero-order valence-electron chi connectivity index (χ0n) is 14.6. The summed E-state index contributed by atoms with van der Waals surface area (Å²) in [6, 6.07) is 13.2. The lowest BCUT2D eigenvalue weighted by Crippen LogP contribution is -2.30. The third kappa shape index (κ3) is 4.44. The maximum absolute atomic E-state index is 12.3. The van der Waals surface area contributed by atoms with Crippen molar-refractivity contribution in [3.63, 3.8) is 0 Å². The highest BCUT2D eigenvalue weighted by atomic mass is 16.6. The molecule has 1 N–H and O–H groups in total. The van der Waals surface area contributed by atoms with Crippen LogP contribution in [0.5, 0.6) is 17.2 Å². The van der Waals surface area contributed by atoms with Gasteiger partial charge >= 0.3 is 0 Å². The van der Waals surface area contributed by atoms with Crippen molar-refractivity contribution < 1.29 is 19.0 Å². The molecule has 5 nitrogen and oxygen atoms in total. The molecule has 1 unspecified atom stereocenters. The molecular weight excluding hydrogens is 318 g/mol. The van der Waals surface area contributed by atoms with Crippen LogP contribution in [0.25, 0.3) is 0 Å². The average Bonchev–Trinajstić information content (AvgIpc) is 2.63. The second kappa shape index (κ2) is 7.92. The minimum atomic E-state index is -0.606. The number of ether oxygens (including phenoxy) is 3. The molecule has 0 fully saturated rings. The number of amides is 1. The molecule has 1 heterocycles. The van der Waals surface area contributed by atoms with Gasteiger partial charge in [0, 0.05) is 11.8 Å². The van der Waals surface area contributed by atoms with Gasteiger partial charge in [0.2, 0.25) is 0 Å². The summed E-state index contributed by atoms with van der Waals surface area (Å²) in [7, 11) is 0. The van der Waals surface area contributed by atoms with Crippen LogP contribution in [0, 0.1) is 0 Å². The molecule has 1 amide bonds. The number of carbonyl (C=O) groups excluding carboxylic acids is 1. The highest BCUT2D eigenvalue weighted by molar-refractivity contribution is 5.94. The summed E-state index contributed by atoms with van der Waals surface area (Å²) in [5.41, 5.74) is 1.92. The van der Waals surface area contributed by atoms with Crippen LogP contribution < -0.4 is 19.5 Å². The van der Waals surface area contributed by atoms with Gasteiger partial charge in [0.15, 0.2) is 17.6 Å². The molecule has 0 aromatic heterocycles. The van der Waals surface area contributed by atoms with Crippen LogP contribution in [0.15, 0.2) is 42.5 Å². The number of aryl methyl sites for hydroxylation is 1. The van der Waals surface area contributed by atoms with Crippen molar-refractivity contribution in [2.24, 2.45) is 0 Å². The number of carbonyl (C=O) groups is 1. The maximum atomic E-state index is 12.3. The van der Waals surface area contributed by atoms with Crippen molar-refractivity contribution in [1.29, 1.82) is 0 Å². The fourth-order valence-corrected chi connectivity index (χ4v) is 2.65. The molecule has 0 aliphatic carbocycles. The third-order valence-electron chi connectivity index (χ3n) is 3.95. The number of anilines is 1. The van der Waals surface area contributed by atoms with Crippen LogP contribution in [0.1, 0.15) is 25.8 Å². The van der Waals surface area contributed by atoms with Gasteiger partial charge in [-0.25, -0.2) is 0 Å². The van der Waals surface area contributed by atoms with Crippen LogP contribution in [0.4, 0.5) is 5.69 Å². The SMILES string of the molecule is CCCc1ccc(OC(C)C(=O)Nc2ccc3c(c2)OCCO3)cc1. The van der Waals surface area contributed by atoms with Gasteiger partial charge < -0.3 is 19.5 Å². The topological polar surface area (TPSA) is 56.8 Å². The number of fused-ring (bicyclic) bond motifs is 1. The Morgan fingerprint density at radius 3 is 2.56 bits per heavy atom. The number of benzene rings is 2. The Morgan fingerprint density at radius 2 is 1.84 bits per heavy atom. The number of rotatable bonds is 6. The zero-order chi connectivity index (χ0) is 17.6. The van der Waals surface area contributed by atoms with E-state index in [-0.39, 0.29) is 5.91 Å². The first-order valence-corrected chi connectivity index (χ1v) is 8.62. The minimum absolute atomic E-state index is 0.214. The summed E-state index contributed by atoms with van der Waals surface area (Å²) in [4.78, 5) is 12.3. The van der Waals surface area contributed by atoms with E-state index < -0.39 is 6.10 Å². The summed E-state index contributed by atoms with van der Waals surface area (Å²) in [5, 5.41) is 2.84. The highest BCUT2D eigenvalue weighted by Crippen LogP contribution is 2.32. The van der Waals surface area contributed by atoms with E-state index in [4.69, 9.17) is 14.2 Å². The van der Waals surface area contributed by atoms with Gasteiger partial charge in [-0.1, -0.05) is 25.5 Å². The highest BCUT2D eigenvalue weighted by Gasteiger charge is 2.17. The van der Waals surface area contributed by atoms with Gasteiger partial charge in [-0.2, -0.15) is 0 Å². The fraction of sp³-hybridized carbons (Fsp3) is 0.350. The van der Waals surface area contributed by atoms with Crippen LogP contribution in [0.2, 0.25) is 0 Å². The molecule has 0 radical (unpaired) electrons. The molecule has 0 saturated heterocycles. The average molecular weight is 341 g/mol.